The van der Waals surface area contributed by atoms with Crippen molar-refractivity contribution in [2.45, 2.75) is 18.8 Å². The molecule has 1 saturated heterocycles. The first kappa shape index (κ1) is 12.3. The lowest BCUT2D eigenvalue weighted by molar-refractivity contribution is -0.134. The number of aromatic nitrogens is 2. The number of carboxylic acids is 1. The molecule has 2 amide bonds. The highest BCUT2D eigenvalue weighted by Crippen LogP contribution is 2.25. The van der Waals surface area contributed by atoms with Crippen LogP contribution in [-0.2, 0) is 9.59 Å². The number of hydrogen-bond acceptors (Lipinski definition) is 4. The van der Waals surface area contributed by atoms with Gasteiger partial charge in [-0.2, -0.15) is 0 Å². The van der Waals surface area contributed by atoms with Gasteiger partial charge in [0.2, 0.25) is 11.8 Å². The molecule has 0 radical (unpaired) electrons. The van der Waals surface area contributed by atoms with Crippen molar-refractivity contribution in [1.29, 1.82) is 0 Å². The number of imide groups is 1. The van der Waals surface area contributed by atoms with Crippen LogP contribution in [0.4, 0.5) is 0 Å². The molecule has 0 aliphatic carbocycles. The van der Waals surface area contributed by atoms with Gasteiger partial charge in [-0.3, -0.25) is 19.3 Å². The van der Waals surface area contributed by atoms with E-state index in [4.69, 9.17) is 5.11 Å². The number of hydrogen-bond donors (Lipinski definition) is 2. The molecule has 20 heavy (non-hydrogen) atoms. The molecule has 0 bridgehead atoms. The van der Waals surface area contributed by atoms with Gasteiger partial charge in [0, 0.05) is 12.6 Å². The van der Waals surface area contributed by atoms with Crippen LogP contribution >= 0.6 is 0 Å². The molecule has 2 aromatic rings. The van der Waals surface area contributed by atoms with Crippen molar-refractivity contribution < 1.29 is 19.5 Å². The Morgan fingerprint density at radius 1 is 1.45 bits per heavy atom. The van der Waals surface area contributed by atoms with Crippen molar-refractivity contribution in [3.63, 3.8) is 0 Å². The third kappa shape index (κ3) is 1.93. The van der Waals surface area contributed by atoms with Crippen molar-refractivity contribution in [2.75, 3.05) is 0 Å². The topological polar surface area (TPSA) is 101 Å². The summed E-state index contributed by atoms with van der Waals surface area (Å²) >= 11 is 0. The quantitative estimate of drug-likeness (QED) is 0.778. The maximum atomic E-state index is 11.8. The predicted molar refractivity (Wildman–Crippen MR) is 67.3 cm³/mol. The van der Waals surface area contributed by atoms with Crippen molar-refractivity contribution in [3.8, 4) is 0 Å². The number of carboxylic acid groups (broad SMARTS) is 1. The van der Waals surface area contributed by atoms with Crippen LogP contribution in [0.5, 0.6) is 0 Å². The number of nitrogens with zero attached hydrogens (tertiary/aromatic N) is 2. The molecule has 0 spiro atoms. The van der Waals surface area contributed by atoms with Gasteiger partial charge in [0.15, 0.2) is 5.69 Å². The molecule has 7 nitrogen and oxygen atoms in total. The molecular weight excluding hydrogens is 262 g/mol. The van der Waals surface area contributed by atoms with Gasteiger partial charge in [0.25, 0.3) is 0 Å². The number of carbonyl (C=O) groups is 3. The Labute approximate surface area is 113 Å². The summed E-state index contributed by atoms with van der Waals surface area (Å²) in [5.41, 5.74) is 1.25. The van der Waals surface area contributed by atoms with Crippen LogP contribution in [0.25, 0.3) is 5.65 Å². The van der Waals surface area contributed by atoms with Crippen molar-refractivity contribution in [1.82, 2.24) is 14.7 Å². The number of amides is 2. The van der Waals surface area contributed by atoms with Crippen LogP contribution < -0.4 is 5.32 Å². The Morgan fingerprint density at radius 3 is 2.95 bits per heavy atom. The largest absolute Gasteiger partial charge is 0.477 e. The van der Waals surface area contributed by atoms with Crippen LogP contribution in [0.2, 0.25) is 0 Å². The monoisotopic (exact) mass is 273 g/mol. The van der Waals surface area contributed by atoms with E-state index in [0.717, 1.165) is 5.56 Å². The van der Waals surface area contributed by atoms with E-state index in [0.29, 0.717) is 18.5 Å². The number of aromatic carboxylic acids is 1. The summed E-state index contributed by atoms with van der Waals surface area (Å²) in [6.45, 7) is 0. The molecule has 102 valence electrons. The van der Waals surface area contributed by atoms with E-state index in [2.05, 4.69) is 10.3 Å². The molecule has 3 heterocycles. The van der Waals surface area contributed by atoms with E-state index in [1.54, 1.807) is 18.3 Å². The minimum absolute atomic E-state index is 0.0647. The second-order valence-electron chi connectivity index (χ2n) is 4.64. The average molecular weight is 273 g/mol. The summed E-state index contributed by atoms with van der Waals surface area (Å²) in [7, 11) is 0. The van der Waals surface area contributed by atoms with Crippen molar-refractivity contribution in [2.24, 2.45) is 0 Å². The van der Waals surface area contributed by atoms with Gasteiger partial charge in [0.1, 0.15) is 5.65 Å². The fourth-order valence-electron chi connectivity index (χ4n) is 2.38. The Hall–Kier alpha value is -2.70. The van der Waals surface area contributed by atoms with Gasteiger partial charge in [-0.05, 0) is 24.1 Å². The fraction of sp³-hybridized carbons (Fsp3) is 0.231. The zero-order valence-corrected chi connectivity index (χ0v) is 10.4. The summed E-state index contributed by atoms with van der Waals surface area (Å²) in [5.74, 6) is -2.05. The first-order valence-electron chi connectivity index (χ1n) is 6.10. The van der Waals surface area contributed by atoms with E-state index in [-0.39, 0.29) is 17.5 Å². The van der Waals surface area contributed by atoms with Gasteiger partial charge in [-0.1, -0.05) is 0 Å². The van der Waals surface area contributed by atoms with E-state index >= 15 is 0 Å². The number of nitrogens with one attached hydrogen (secondary N) is 1. The van der Waals surface area contributed by atoms with Gasteiger partial charge >= 0.3 is 5.97 Å². The lowest BCUT2D eigenvalue weighted by atomic mass is 9.91. The molecule has 0 aromatic carbocycles. The van der Waals surface area contributed by atoms with Crippen molar-refractivity contribution in [3.05, 3.63) is 35.8 Å². The fourth-order valence-corrected chi connectivity index (χ4v) is 2.38. The van der Waals surface area contributed by atoms with E-state index in [1.807, 2.05) is 0 Å². The van der Waals surface area contributed by atoms with E-state index in [1.165, 1.54) is 10.6 Å². The summed E-state index contributed by atoms with van der Waals surface area (Å²) in [4.78, 5) is 37.9. The van der Waals surface area contributed by atoms with Gasteiger partial charge in [-0.15, -0.1) is 0 Å². The number of pyridine rings is 1. The van der Waals surface area contributed by atoms with Gasteiger partial charge in [-0.25, -0.2) is 9.78 Å². The Bertz CT molecular complexity index is 734. The van der Waals surface area contributed by atoms with E-state index in [9.17, 15) is 14.4 Å². The van der Waals surface area contributed by atoms with Crippen LogP contribution in [0.15, 0.2) is 24.5 Å². The lowest BCUT2D eigenvalue weighted by Crippen LogP contribution is -2.39. The molecule has 2 aromatic heterocycles. The Morgan fingerprint density at radius 2 is 2.25 bits per heavy atom. The number of imidazole rings is 1. The smallest absolute Gasteiger partial charge is 0.354 e. The maximum absolute atomic E-state index is 11.8. The standard InChI is InChI=1S/C13H11N3O4/c17-11-2-1-8(12(18)15-11)7-3-4-16-9(13(19)20)6-14-10(16)5-7/h3-6,8H,1-2H2,(H,19,20)(H,15,17,18). The third-order valence-electron chi connectivity index (χ3n) is 3.40. The Balaban J connectivity index is 1.99. The highest BCUT2D eigenvalue weighted by molar-refractivity contribution is 6.01. The van der Waals surface area contributed by atoms with E-state index < -0.39 is 11.9 Å². The Kier molecular flexibility index (Phi) is 2.74. The summed E-state index contributed by atoms with van der Waals surface area (Å²) in [5, 5.41) is 11.3. The molecule has 7 heteroatoms. The zero-order chi connectivity index (χ0) is 14.3. The lowest BCUT2D eigenvalue weighted by Gasteiger charge is -2.21. The molecule has 1 aliphatic rings. The third-order valence-corrected chi connectivity index (χ3v) is 3.40. The van der Waals surface area contributed by atoms with Crippen LogP contribution in [-0.4, -0.2) is 32.3 Å². The average Bonchev–Trinajstić information content (AvgIpc) is 2.81. The zero-order valence-electron chi connectivity index (χ0n) is 10.4. The highest BCUT2D eigenvalue weighted by Gasteiger charge is 2.28. The van der Waals surface area contributed by atoms with Crippen molar-refractivity contribution >= 4 is 23.4 Å². The molecule has 1 atom stereocenters. The molecular formula is C13H11N3O4. The summed E-state index contributed by atoms with van der Waals surface area (Å²) in [6.07, 6.45) is 3.60. The molecule has 1 unspecified atom stereocenters. The summed E-state index contributed by atoms with van der Waals surface area (Å²) in [6, 6.07) is 3.35. The number of piperidine rings is 1. The first-order chi connectivity index (χ1) is 9.56. The highest BCUT2D eigenvalue weighted by atomic mass is 16.4. The molecule has 1 fully saturated rings. The molecule has 2 N–H and O–H groups in total. The minimum atomic E-state index is -1.06. The number of rotatable bonds is 2. The molecule has 1 aliphatic heterocycles. The van der Waals surface area contributed by atoms with Gasteiger partial charge in [0.05, 0.1) is 12.1 Å². The maximum Gasteiger partial charge on any atom is 0.354 e. The predicted octanol–water partition coefficient (Wildman–Crippen LogP) is 0.553. The SMILES string of the molecule is O=C1CCC(c2ccn3c(C(=O)O)cnc3c2)C(=O)N1. The molecule has 3 rings (SSSR count). The minimum Gasteiger partial charge on any atom is -0.477 e. The summed E-state index contributed by atoms with van der Waals surface area (Å²) < 4.78 is 1.44. The van der Waals surface area contributed by atoms with Crippen LogP contribution in [0, 0.1) is 0 Å². The van der Waals surface area contributed by atoms with Crippen LogP contribution in [0.3, 0.4) is 0 Å². The second-order valence-corrected chi connectivity index (χ2v) is 4.64. The normalized spacial score (nSPS) is 19.1. The number of fused-ring (bicyclic) bond motifs is 1. The second kappa shape index (κ2) is 4.44. The van der Waals surface area contributed by atoms with Gasteiger partial charge < -0.3 is 5.11 Å². The first-order valence-corrected chi connectivity index (χ1v) is 6.10. The van der Waals surface area contributed by atoms with Crippen LogP contribution in [0.1, 0.15) is 34.8 Å². The molecule has 0 saturated carbocycles. The number of carbonyl (C=O) groups excluding carboxylic acids is 2.